The van der Waals surface area contributed by atoms with E-state index in [2.05, 4.69) is 47.3 Å². The number of fused-ring (bicyclic) bond motifs is 3. The van der Waals surface area contributed by atoms with E-state index in [1.807, 2.05) is 66.7 Å². The lowest BCUT2D eigenvalue weighted by Gasteiger charge is -2.10. The third-order valence-electron chi connectivity index (χ3n) is 5.26. The van der Waals surface area contributed by atoms with Gasteiger partial charge in [0.05, 0.1) is 11.4 Å². The number of allylic oxidation sites excluding steroid dienone is 4. The minimum Gasteiger partial charge on any atom is -0.456 e. The molecule has 154 valence electrons. The molecule has 0 saturated heterocycles. The van der Waals surface area contributed by atoms with Crippen LogP contribution in [0.25, 0.3) is 50.2 Å². The molecule has 0 aliphatic carbocycles. The standard InChI is InChI=1S/C28H19BrN2O/c1-3-19(15-18(2)29)24-17-25(31-28(30-24)20-9-5-4-6-10-20)21-13-14-23-22-11-7-8-12-26(22)32-27(23)16-21/h3-17H,1-2H2/b19-15+. The zero-order chi connectivity index (χ0) is 22.1. The average molecular weight is 479 g/mol. The van der Waals surface area contributed by atoms with Crippen molar-refractivity contribution in [3.63, 3.8) is 0 Å². The molecule has 0 N–H and O–H groups in total. The normalized spacial score (nSPS) is 11.7. The Hall–Kier alpha value is -3.76. The van der Waals surface area contributed by atoms with Crippen molar-refractivity contribution < 1.29 is 4.42 Å². The molecule has 0 atom stereocenters. The molecule has 2 heterocycles. The highest BCUT2D eigenvalue weighted by Crippen LogP contribution is 2.33. The predicted molar refractivity (Wildman–Crippen MR) is 136 cm³/mol. The monoisotopic (exact) mass is 478 g/mol. The first-order chi connectivity index (χ1) is 15.6. The highest BCUT2D eigenvalue weighted by Gasteiger charge is 2.13. The molecule has 0 amide bonds. The number of furan rings is 1. The van der Waals surface area contributed by atoms with E-state index in [-0.39, 0.29) is 0 Å². The third-order valence-corrected chi connectivity index (χ3v) is 5.49. The van der Waals surface area contributed by atoms with Crippen LogP contribution in [0.5, 0.6) is 0 Å². The van der Waals surface area contributed by atoms with Crippen molar-refractivity contribution in [2.45, 2.75) is 0 Å². The smallest absolute Gasteiger partial charge is 0.160 e. The Labute approximate surface area is 194 Å². The molecule has 32 heavy (non-hydrogen) atoms. The van der Waals surface area contributed by atoms with Crippen molar-refractivity contribution in [2.75, 3.05) is 0 Å². The molecule has 5 aromatic rings. The van der Waals surface area contributed by atoms with Gasteiger partial charge in [0.2, 0.25) is 0 Å². The molecule has 0 unspecified atom stereocenters. The van der Waals surface area contributed by atoms with Crippen LogP contribution in [0.1, 0.15) is 5.69 Å². The SMILES string of the molecule is C=C/C(=C\C(=C)Br)c1cc(-c2ccc3c(c2)oc2ccccc23)nc(-c2ccccc2)n1. The average Bonchev–Trinajstić information content (AvgIpc) is 3.20. The summed E-state index contributed by atoms with van der Waals surface area (Å²) in [5.41, 5.74) is 6.05. The van der Waals surface area contributed by atoms with Gasteiger partial charge in [0, 0.05) is 32.0 Å². The number of halogens is 1. The second-order valence-electron chi connectivity index (χ2n) is 7.39. The summed E-state index contributed by atoms with van der Waals surface area (Å²) in [6, 6.07) is 26.2. The van der Waals surface area contributed by atoms with Crippen molar-refractivity contribution in [2.24, 2.45) is 0 Å². The van der Waals surface area contributed by atoms with Gasteiger partial charge < -0.3 is 4.42 Å². The van der Waals surface area contributed by atoms with Gasteiger partial charge in [0.15, 0.2) is 5.82 Å². The van der Waals surface area contributed by atoms with E-state index < -0.39 is 0 Å². The summed E-state index contributed by atoms with van der Waals surface area (Å²) in [5, 5.41) is 2.19. The minimum atomic E-state index is 0.649. The summed E-state index contributed by atoms with van der Waals surface area (Å²) < 4.78 is 6.84. The summed E-state index contributed by atoms with van der Waals surface area (Å²) in [5.74, 6) is 0.649. The van der Waals surface area contributed by atoms with E-state index in [9.17, 15) is 0 Å². The highest BCUT2D eigenvalue weighted by atomic mass is 79.9. The van der Waals surface area contributed by atoms with E-state index in [4.69, 9.17) is 14.4 Å². The Morgan fingerprint density at radius 2 is 1.56 bits per heavy atom. The second kappa shape index (κ2) is 8.40. The molecular weight excluding hydrogens is 460 g/mol. The summed E-state index contributed by atoms with van der Waals surface area (Å²) in [6.07, 6.45) is 3.67. The first kappa shape index (κ1) is 20.2. The first-order valence-electron chi connectivity index (χ1n) is 10.2. The van der Waals surface area contributed by atoms with Gasteiger partial charge in [-0.05, 0) is 30.3 Å². The van der Waals surface area contributed by atoms with Gasteiger partial charge in [-0.1, -0.05) is 89.8 Å². The van der Waals surface area contributed by atoms with E-state index in [1.54, 1.807) is 6.08 Å². The van der Waals surface area contributed by atoms with Crippen molar-refractivity contribution >= 4 is 43.4 Å². The van der Waals surface area contributed by atoms with Crippen LogP contribution in [0.2, 0.25) is 0 Å². The molecule has 0 aliphatic heterocycles. The molecule has 0 fully saturated rings. The third kappa shape index (κ3) is 3.81. The molecule has 5 rings (SSSR count). The quantitative estimate of drug-likeness (QED) is 0.239. The van der Waals surface area contributed by atoms with Gasteiger partial charge in [0.1, 0.15) is 11.2 Å². The number of aromatic nitrogens is 2. The van der Waals surface area contributed by atoms with Crippen LogP contribution in [-0.4, -0.2) is 9.97 Å². The zero-order valence-corrected chi connectivity index (χ0v) is 18.8. The second-order valence-corrected chi connectivity index (χ2v) is 8.41. The molecule has 2 aromatic heterocycles. The maximum absolute atomic E-state index is 6.09. The highest BCUT2D eigenvalue weighted by molar-refractivity contribution is 9.11. The lowest BCUT2D eigenvalue weighted by atomic mass is 10.0. The molecule has 0 bridgehead atoms. The lowest BCUT2D eigenvalue weighted by Crippen LogP contribution is -1.97. The van der Waals surface area contributed by atoms with Crippen LogP contribution in [0, 0.1) is 0 Å². The first-order valence-corrected chi connectivity index (χ1v) is 11.0. The van der Waals surface area contributed by atoms with Crippen LogP contribution in [0.15, 0.2) is 113 Å². The molecule has 3 nitrogen and oxygen atoms in total. The van der Waals surface area contributed by atoms with E-state index in [0.29, 0.717) is 5.82 Å². The summed E-state index contributed by atoms with van der Waals surface area (Å²) >= 11 is 3.41. The van der Waals surface area contributed by atoms with Crippen LogP contribution in [0.4, 0.5) is 0 Å². The van der Waals surface area contributed by atoms with Crippen LogP contribution in [0.3, 0.4) is 0 Å². The Balaban J connectivity index is 1.72. The van der Waals surface area contributed by atoms with Crippen molar-refractivity contribution in [1.82, 2.24) is 9.97 Å². The van der Waals surface area contributed by atoms with Gasteiger partial charge in [-0.25, -0.2) is 9.97 Å². The van der Waals surface area contributed by atoms with E-state index in [0.717, 1.165) is 54.5 Å². The van der Waals surface area contributed by atoms with Gasteiger partial charge >= 0.3 is 0 Å². The zero-order valence-electron chi connectivity index (χ0n) is 17.3. The number of hydrogen-bond acceptors (Lipinski definition) is 3. The van der Waals surface area contributed by atoms with Crippen molar-refractivity contribution in [3.05, 3.63) is 114 Å². The number of para-hydroxylation sites is 1. The summed E-state index contributed by atoms with van der Waals surface area (Å²) in [4.78, 5) is 9.70. The molecule has 0 aliphatic rings. The van der Waals surface area contributed by atoms with Gasteiger partial charge in [-0.15, -0.1) is 0 Å². The van der Waals surface area contributed by atoms with Crippen molar-refractivity contribution in [3.8, 4) is 22.6 Å². The number of hydrogen-bond donors (Lipinski definition) is 0. The Kier molecular flexibility index (Phi) is 5.29. The lowest BCUT2D eigenvalue weighted by molar-refractivity contribution is 0.669. The predicted octanol–water partition coefficient (Wildman–Crippen LogP) is 8.19. The Morgan fingerprint density at radius 3 is 2.34 bits per heavy atom. The maximum atomic E-state index is 6.09. The topological polar surface area (TPSA) is 38.9 Å². The number of benzene rings is 3. The van der Waals surface area contributed by atoms with Crippen LogP contribution in [-0.2, 0) is 0 Å². The Bertz CT molecular complexity index is 1510. The minimum absolute atomic E-state index is 0.649. The van der Waals surface area contributed by atoms with Crippen LogP contribution >= 0.6 is 15.9 Å². The summed E-state index contributed by atoms with van der Waals surface area (Å²) in [6.45, 7) is 7.88. The fraction of sp³-hybridized carbons (Fsp3) is 0. The summed E-state index contributed by atoms with van der Waals surface area (Å²) in [7, 11) is 0. The molecule has 0 spiro atoms. The molecule has 0 saturated carbocycles. The fourth-order valence-corrected chi connectivity index (χ4v) is 4.00. The largest absolute Gasteiger partial charge is 0.456 e. The van der Waals surface area contributed by atoms with Gasteiger partial charge in [-0.3, -0.25) is 0 Å². The molecule has 3 aromatic carbocycles. The maximum Gasteiger partial charge on any atom is 0.160 e. The molecule has 4 heteroatoms. The van der Waals surface area contributed by atoms with E-state index in [1.165, 1.54) is 0 Å². The number of nitrogens with zero attached hydrogens (tertiary/aromatic N) is 2. The van der Waals surface area contributed by atoms with Crippen molar-refractivity contribution in [1.29, 1.82) is 0 Å². The van der Waals surface area contributed by atoms with Crippen LogP contribution < -0.4 is 0 Å². The van der Waals surface area contributed by atoms with E-state index >= 15 is 0 Å². The molecule has 0 radical (unpaired) electrons. The Morgan fingerprint density at radius 1 is 0.812 bits per heavy atom. The van der Waals surface area contributed by atoms with Gasteiger partial charge in [-0.2, -0.15) is 0 Å². The van der Waals surface area contributed by atoms with Gasteiger partial charge in [0.25, 0.3) is 0 Å². The fourth-order valence-electron chi connectivity index (χ4n) is 3.75. The number of rotatable bonds is 5. The molecular formula is C28H19BrN2O.